The van der Waals surface area contributed by atoms with Gasteiger partial charge in [-0.15, -0.1) is 0 Å². The van der Waals surface area contributed by atoms with Crippen LogP contribution in [0.15, 0.2) is 41.0 Å². The number of hydrogen-bond acceptors (Lipinski definition) is 1. The second-order valence-corrected chi connectivity index (χ2v) is 1.96. The highest BCUT2D eigenvalue weighted by molar-refractivity contribution is 5.76. The first-order chi connectivity index (χ1) is 4.47. The molecule has 2 rings (SSSR count). The van der Waals surface area contributed by atoms with Crippen LogP contribution >= 0.6 is 0 Å². The Morgan fingerprint density at radius 3 is 2.36 bits per heavy atom. The van der Waals surface area contributed by atoms with Gasteiger partial charge in [-0.25, -0.2) is 0 Å². The van der Waals surface area contributed by atoms with Crippen molar-refractivity contribution in [1.82, 2.24) is 0 Å². The Kier molecular flexibility index (Phi) is 3.30. The van der Waals surface area contributed by atoms with Gasteiger partial charge in [0.2, 0.25) is 0 Å². The summed E-state index contributed by atoms with van der Waals surface area (Å²) in [6.45, 7) is 0. The minimum Gasteiger partial charge on any atom is -0.464 e. The number of para-hydroxylation sites is 1. The Morgan fingerprint density at radius 1 is 0.909 bits per heavy atom. The highest BCUT2D eigenvalue weighted by atomic mass is 16.3. The smallest absolute Gasteiger partial charge is 0.133 e. The summed E-state index contributed by atoms with van der Waals surface area (Å²) in [6, 6.07) is 9.90. The lowest BCUT2D eigenvalue weighted by molar-refractivity contribution is 0.616. The number of hydrogen-bond donors (Lipinski definition) is 0. The molecule has 0 unspecified atom stereocenters. The standard InChI is InChI=1S/C8H6O.2H2O/c1-2-4-8-7(3-1)5-6-9-8;;/h1-6H;2*1H2. The molecule has 0 amide bonds. The zero-order valence-corrected chi connectivity index (χ0v) is 5.87. The van der Waals surface area contributed by atoms with Gasteiger partial charge in [-0.3, -0.25) is 0 Å². The van der Waals surface area contributed by atoms with Crippen molar-refractivity contribution in [2.75, 3.05) is 0 Å². The molecule has 0 radical (unpaired) electrons. The molecule has 0 saturated heterocycles. The van der Waals surface area contributed by atoms with Crippen molar-refractivity contribution in [3.8, 4) is 0 Å². The minimum absolute atomic E-state index is 0. The third-order valence-electron chi connectivity index (χ3n) is 1.36. The quantitative estimate of drug-likeness (QED) is 0.552. The van der Waals surface area contributed by atoms with Crippen LogP contribution in [0.25, 0.3) is 11.0 Å². The molecule has 0 saturated carbocycles. The van der Waals surface area contributed by atoms with Crippen LogP contribution in [0.4, 0.5) is 0 Å². The third kappa shape index (κ3) is 1.58. The molecule has 11 heavy (non-hydrogen) atoms. The van der Waals surface area contributed by atoms with E-state index in [0.29, 0.717) is 0 Å². The maximum atomic E-state index is 5.12. The number of furan rings is 1. The van der Waals surface area contributed by atoms with Gasteiger partial charge in [-0.2, -0.15) is 0 Å². The second-order valence-electron chi connectivity index (χ2n) is 1.96. The number of benzene rings is 1. The van der Waals surface area contributed by atoms with Gasteiger partial charge in [0.15, 0.2) is 0 Å². The molecule has 0 bridgehead atoms. The lowest BCUT2D eigenvalue weighted by atomic mass is 10.3. The van der Waals surface area contributed by atoms with E-state index in [9.17, 15) is 0 Å². The Morgan fingerprint density at radius 2 is 1.64 bits per heavy atom. The number of rotatable bonds is 0. The molecule has 3 heteroatoms. The average Bonchev–Trinajstić information content (AvgIpc) is 2.33. The first-order valence-corrected chi connectivity index (χ1v) is 2.89. The molecule has 60 valence electrons. The third-order valence-corrected chi connectivity index (χ3v) is 1.36. The van der Waals surface area contributed by atoms with Crippen molar-refractivity contribution in [2.45, 2.75) is 0 Å². The molecular formula is C8H10O3. The summed E-state index contributed by atoms with van der Waals surface area (Å²) in [5, 5.41) is 1.16. The van der Waals surface area contributed by atoms with Crippen LogP contribution in [0.3, 0.4) is 0 Å². The van der Waals surface area contributed by atoms with E-state index in [2.05, 4.69) is 0 Å². The molecule has 0 aliphatic rings. The summed E-state index contributed by atoms with van der Waals surface area (Å²) in [7, 11) is 0. The van der Waals surface area contributed by atoms with Gasteiger partial charge in [0.05, 0.1) is 6.26 Å². The summed E-state index contributed by atoms with van der Waals surface area (Å²) < 4.78 is 5.12. The molecule has 2 aromatic rings. The molecule has 1 heterocycles. The predicted octanol–water partition coefficient (Wildman–Crippen LogP) is 0.783. The largest absolute Gasteiger partial charge is 0.464 e. The first kappa shape index (κ1) is 9.68. The summed E-state index contributed by atoms with van der Waals surface area (Å²) in [5.74, 6) is 0. The molecule has 1 aromatic heterocycles. The molecule has 1 aromatic carbocycles. The van der Waals surface area contributed by atoms with Crippen molar-refractivity contribution in [1.29, 1.82) is 0 Å². The molecule has 0 aliphatic carbocycles. The molecule has 3 nitrogen and oxygen atoms in total. The fourth-order valence-electron chi connectivity index (χ4n) is 0.906. The fraction of sp³-hybridized carbons (Fsp3) is 0. The molecule has 0 spiro atoms. The lowest BCUT2D eigenvalue weighted by Gasteiger charge is -1.81. The van der Waals surface area contributed by atoms with Gasteiger partial charge in [0, 0.05) is 5.39 Å². The van der Waals surface area contributed by atoms with Crippen LogP contribution < -0.4 is 0 Å². The van der Waals surface area contributed by atoms with Crippen LogP contribution in [0.2, 0.25) is 0 Å². The molecular weight excluding hydrogens is 144 g/mol. The fourth-order valence-corrected chi connectivity index (χ4v) is 0.906. The maximum Gasteiger partial charge on any atom is 0.133 e. The Bertz CT molecular complexity index is 283. The average molecular weight is 154 g/mol. The highest BCUT2D eigenvalue weighted by Crippen LogP contribution is 2.12. The second kappa shape index (κ2) is 3.75. The predicted molar refractivity (Wildman–Crippen MR) is 43.4 cm³/mol. The van der Waals surface area contributed by atoms with Gasteiger partial charge in [0.25, 0.3) is 0 Å². The zero-order chi connectivity index (χ0) is 6.10. The summed E-state index contributed by atoms with van der Waals surface area (Å²) >= 11 is 0. The van der Waals surface area contributed by atoms with E-state index >= 15 is 0 Å². The minimum atomic E-state index is 0. The van der Waals surface area contributed by atoms with Gasteiger partial charge in [0.1, 0.15) is 5.58 Å². The zero-order valence-electron chi connectivity index (χ0n) is 5.87. The van der Waals surface area contributed by atoms with E-state index in [-0.39, 0.29) is 11.0 Å². The van der Waals surface area contributed by atoms with E-state index < -0.39 is 0 Å². The summed E-state index contributed by atoms with van der Waals surface area (Å²) in [4.78, 5) is 0. The van der Waals surface area contributed by atoms with Gasteiger partial charge in [-0.05, 0) is 12.1 Å². The first-order valence-electron chi connectivity index (χ1n) is 2.89. The van der Waals surface area contributed by atoms with Crippen LogP contribution in [-0.2, 0) is 0 Å². The van der Waals surface area contributed by atoms with E-state index in [1.807, 2.05) is 30.3 Å². The number of fused-ring (bicyclic) bond motifs is 1. The Hall–Kier alpha value is -1.32. The topological polar surface area (TPSA) is 76.1 Å². The molecule has 0 fully saturated rings. The van der Waals surface area contributed by atoms with Gasteiger partial charge < -0.3 is 15.4 Å². The van der Waals surface area contributed by atoms with Gasteiger partial charge in [-0.1, -0.05) is 18.2 Å². The summed E-state index contributed by atoms with van der Waals surface area (Å²) in [5.41, 5.74) is 0.956. The monoisotopic (exact) mass is 154 g/mol. The van der Waals surface area contributed by atoms with E-state index in [1.54, 1.807) is 6.26 Å². The van der Waals surface area contributed by atoms with Crippen molar-refractivity contribution in [3.05, 3.63) is 36.6 Å². The normalized spacial score (nSPS) is 8.36. The Balaban J connectivity index is 0.000000500. The molecule has 4 N–H and O–H groups in total. The van der Waals surface area contributed by atoms with Crippen molar-refractivity contribution >= 4 is 11.0 Å². The lowest BCUT2D eigenvalue weighted by Crippen LogP contribution is -1.57. The van der Waals surface area contributed by atoms with Crippen LogP contribution in [0.1, 0.15) is 0 Å². The van der Waals surface area contributed by atoms with Crippen LogP contribution in [0.5, 0.6) is 0 Å². The van der Waals surface area contributed by atoms with E-state index in [0.717, 1.165) is 11.0 Å². The molecule has 0 aliphatic heterocycles. The maximum absolute atomic E-state index is 5.12. The van der Waals surface area contributed by atoms with E-state index in [4.69, 9.17) is 4.42 Å². The molecule has 0 atom stereocenters. The Labute approximate surface area is 63.9 Å². The summed E-state index contributed by atoms with van der Waals surface area (Å²) in [6.07, 6.45) is 1.70. The van der Waals surface area contributed by atoms with Crippen molar-refractivity contribution in [2.24, 2.45) is 0 Å². The van der Waals surface area contributed by atoms with Gasteiger partial charge >= 0.3 is 0 Å². The highest BCUT2D eigenvalue weighted by Gasteiger charge is 1.89. The van der Waals surface area contributed by atoms with Crippen LogP contribution in [-0.4, -0.2) is 11.0 Å². The SMILES string of the molecule is O.O.c1ccc2occc2c1. The van der Waals surface area contributed by atoms with Crippen molar-refractivity contribution in [3.63, 3.8) is 0 Å². The van der Waals surface area contributed by atoms with Crippen molar-refractivity contribution < 1.29 is 15.4 Å². The van der Waals surface area contributed by atoms with Crippen LogP contribution in [0, 0.1) is 0 Å². The van der Waals surface area contributed by atoms with E-state index in [1.165, 1.54) is 0 Å².